The molecule has 0 radical (unpaired) electrons. The SMILES string of the molecule is CC(C)(O)c1cccc2oc3cccc(-c4cc5ccccc5cn4)c3c12.CC1(C)c2c(ncc3ccccc23)-c2cccc3oc4cccc1c4c23. The number of benzene rings is 6. The first-order valence-corrected chi connectivity index (χ1v) is 18.0. The lowest BCUT2D eigenvalue weighted by Gasteiger charge is -2.28. The molecule has 6 aromatic carbocycles. The predicted molar refractivity (Wildman–Crippen MR) is 216 cm³/mol. The van der Waals surface area contributed by atoms with Gasteiger partial charge in [0.05, 0.1) is 17.0 Å². The summed E-state index contributed by atoms with van der Waals surface area (Å²) in [7, 11) is 0. The first-order valence-electron chi connectivity index (χ1n) is 18.0. The molecule has 0 aliphatic heterocycles. The molecule has 11 rings (SSSR count). The molecule has 0 saturated heterocycles. The van der Waals surface area contributed by atoms with Crippen LogP contribution in [0.1, 0.15) is 44.4 Å². The highest BCUT2D eigenvalue weighted by molar-refractivity contribution is 6.16. The van der Waals surface area contributed by atoms with Gasteiger partial charge in [0, 0.05) is 61.3 Å². The summed E-state index contributed by atoms with van der Waals surface area (Å²) in [5.74, 6) is 0. The third kappa shape index (κ3) is 4.74. The van der Waals surface area contributed by atoms with Gasteiger partial charge in [0.25, 0.3) is 0 Å². The minimum Gasteiger partial charge on any atom is -0.456 e. The van der Waals surface area contributed by atoms with E-state index in [1.54, 1.807) is 13.8 Å². The lowest BCUT2D eigenvalue weighted by molar-refractivity contribution is 0.0802. The van der Waals surface area contributed by atoms with E-state index in [9.17, 15) is 5.11 Å². The number of rotatable bonds is 2. The number of aromatic nitrogens is 2. The molecule has 0 fully saturated rings. The lowest BCUT2D eigenvalue weighted by Crippen LogP contribution is -2.20. The highest BCUT2D eigenvalue weighted by Crippen LogP contribution is 2.50. The Kier molecular flexibility index (Phi) is 6.73. The van der Waals surface area contributed by atoms with Crippen molar-refractivity contribution in [1.29, 1.82) is 0 Å². The first kappa shape index (κ1) is 31.4. The highest BCUT2D eigenvalue weighted by atomic mass is 16.3. The van der Waals surface area contributed by atoms with E-state index >= 15 is 0 Å². The van der Waals surface area contributed by atoms with E-state index in [1.165, 1.54) is 38.2 Å². The van der Waals surface area contributed by atoms with Gasteiger partial charge >= 0.3 is 0 Å². The maximum Gasteiger partial charge on any atom is 0.136 e. The number of furan rings is 2. The molecule has 4 aromatic heterocycles. The Morgan fingerprint density at radius 1 is 0.547 bits per heavy atom. The van der Waals surface area contributed by atoms with Crippen LogP contribution in [0.25, 0.3) is 87.9 Å². The molecule has 1 aliphatic rings. The summed E-state index contributed by atoms with van der Waals surface area (Å²) in [6.45, 7) is 8.22. The predicted octanol–water partition coefficient (Wildman–Crippen LogP) is 12.5. The molecule has 0 unspecified atom stereocenters. The number of pyridine rings is 2. The van der Waals surface area contributed by atoms with Gasteiger partial charge in [-0.15, -0.1) is 0 Å². The van der Waals surface area contributed by atoms with Crippen molar-refractivity contribution >= 4 is 65.4 Å². The van der Waals surface area contributed by atoms with Crippen LogP contribution in [0.3, 0.4) is 0 Å². The minimum absolute atomic E-state index is 0.182. The zero-order chi connectivity index (χ0) is 36.1. The molecular formula is C48H36N2O3. The number of fused-ring (bicyclic) bond motifs is 8. The minimum atomic E-state index is -0.972. The number of nitrogens with zero attached hydrogens (tertiary/aromatic N) is 2. The molecule has 53 heavy (non-hydrogen) atoms. The Bertz CT molecular complexity index is 3090. The van der Waals surface area contributed by atoms with Crippen LogP contribution < -0.4 is 0 Å². The van der Waals surface area contributed by atoms with E-state index < -0.39 is 5.60 Å². The smallest absolute Gasteiger partial charge is 0.136 e. The molecule has 0 atom stereocenters. The largest absolute Gasteiger partial charge is 0.456 e. The Morgan fingerprint density at radius 3 is 1.85 bits per heavy atom. The Balaban J connectivity index is 0.000000132. The number of hydrogen-bond acceptors (Lipinski definition) is 5. The summed E-state index contributed by atoms with van der Waals surface area (Å²) in [6.07, 6.45) is 3.90. The molecule has 0 bridgehead atoms. The van der Waals surface area contributed by atoms with Crippen LogP contribution in [-0.4, -0.2) is 15.1 Å². The second-order valence-electron chi connectivity index (χ2n) is 15.1. The molecule has 1 aliphatic carbocycles. The van der Waals surface area contributed by atoms with Gasteiger partial charge in [0.2, 0.25) is 0 Å². The summed E-state index contributed by atoms with van der Waals surface area (Å²) in [5.41, 5.74) is 9.90. The third-order valence-electron chi connectivity index (χ3n) is 11.0. The van der Waals surface area contributed by atoms with Gasteiger partial charge in [-0.3, -0.25) is 9.97 Å². The molecular weight excluding hydrogens is 653 g/mol. The van der Waals surface area contributed by atoms with Crippen LogP contribution in [0, 0.1) is 0 Å². The van der Waals surface area contributed by atoms with E-state index in [2.05, 4.69) is 98.8 Å². The van der Waals surface area contributed by atoms with Gasteiger partial charge in [-0.1, -0.05) is 111 Å². The average molecular weight is 689 g/mol. The summed E-state index contributed by atoms with van der Waals surface area (Å²) in [6, 6.07) is 43.4. The monoisotopic (exact) mass is 688 g/mol. The van der Waals surface area contributed by atoms with E-state index in [4.69, 9.17) is 18.8 Å². The van der Waals surface area contributed by atoms with Crippen LogP contribution in [0.4, 0.5) is 0 Å². The Labute approximate surface area is 306 Å². The number of aliphatic hydroxyl groups is 1. The molecule has 0 spiro atoms. The topological polar surface area (TPSA) is 72.3 Å². The van der Waals surface area contributed by atoms with Crippen LogP contribution in [0.2, 0.25) is 0 Å². The molecule has 0 saturated carbocycles. The maximum atomic E-state index is 10.7. The van der Waals surface area contributed by atoms with Gasteiger partial charge in [-0.05, 0) is 71.6 Å². The molecule has 5 heteroatoms. The van der Waals surface area contributed by atoms with Crippen molar-refractivity contribution in [2.75, 3.05) is 0 Å². The molecule has 10 aromatic rings. The maximum absolute atomic E-state index is 10.7. The van der Waals surface area contributed by atoms with Crippen LogP contribution in [0.15, 0.2) is 149 Å². The molecule has 4 heterocycles. The number of hydrogen-bond donors (Lipinski definition) is 1. The van der Waals surface area contributed by atoms with Crippen LogP contribution in [0.5, 0.6) is 0 Å². The average Bonchev–Trinajstić information content (AvgIpc) is 3.73. The quantitative estimate of drug-likeness (QED) is 0.196. The van der Waals surface area contributed by atoms with Crippen molar-refractivity contribution < 1.29 is 13.9 Å². The van der Waals surface area contributed by atoms with Crippen molar-refractivity contribution in [3.8, 4) is 22.5 Å². The van der Waals surface area contributed by atoms with E-state index in [1.807, 2.05) is 54.9 Å². The van der Waals surface area contributed by atoms with Gasteiger partial charge in [-0.25, -0.2) is 0 Å². The van der Waals surface area contributed by atoms with E-state index in [0.29, 0.717) is 0 Å². The second-order valence-corrected chi connectivity index (χ2v) is 15.1. The zero-order valence-electron chi connectivity index (χ0n) is 29.9. The Hall–Kier alpha value is -6.30. The fraction of sp³-hybridized carbons (Fsp3) is 0.125. The fourth-order valence-electron chi connectivity index (χ4n) is 8.54. The normalized spacial score (nSPS) is 13.5. The lowest BCUT2D eigenvalue weighted by atomic mass is 9.75. The van der Waals surface area contributed by atoms with Gasteiger partial charge in [-0.2, -0.15) is 0 Å². The van der Waals surface area contributed by atoms with Crippen molar-refractivity contribution in [3.05, 3.63) is 156 Å². The van der Waals surface area contributed by atoms with E-state index in [-0.39, 0.29) is 5.41 Å². The first-order chi connectivity index (χ1) is 25.7. The fourth-order valence-corrected chi connectivity index (χ4v) is 8.54. The molecule has 0 amide bonds. The molecule has 5 nitrogen and oxygen atoms in total. The van der Waals surface area contributed by atoms with Crippen molar-refractivity contribution in [1.82, 2.24) is 9.97 Å². The molecule has 256 valence electrons. The van der Waals surface area contributed by atoms with Crippen molar-refractivity contribution in [2.45, 2.75) is 38.7 Å². The summed E-state index contributed by atoms with van der Waals surface area (Å²) in [5, 5.41) is 19.8. The van der Waals surface area contributed by atoms with Crippen molar-refractivity contribution in [2.24, 2.45) is 0 Å². The Morgan fingerprint density at radius 2 is 1.11 bits per heavy atom. The highest BCUT2D eigenvalue weighted by Gasteiger charge is 2.35. The van der Waals surface area contributed by atoms with Crippen LogP contribution in [-0.2, 0) is 11.0 Å². The van der Waals surface area contributed by atoms with Crippen LogP contribution >= 0.6 is 0 Å². The standard InChI is InChI=1S/C24H19NO2.C24H17NO/c1-24(2,26)18-10-6-12-21-23(18)22-17(9-5-11-20(22)27-21)19-13-15-7-3-4-8-16(15)14-25-19;1-24(2)17-10-6-12-19-21(17)20-16(9-5-11-18(20)26-19)23-22(24)15-8-4-3-7-14(15)13-25-23/h3-14,26H,1-2H3;3-13H,1-2H3. The second kappa shape index (κ2) is 11.3. The third-order valence-corrected chi connectivity index (χ3v) is 11.0. The van der Waals surface area contributed by atoms with Gasteiger partial charge in [0.1, 0.15) is 22.3 Å². The summed E-state index contributed by atoms with van der Waals surface area (Å²) < 4.78 is 12.3. The van der Waals surface area contributed by atoms with Gasteiger partial charge in [0.15, 0.2) is 0 Å². The summed E-state index contributed by atoms with van der Waals surface area (Å²) >= 11 is 0. The van der Waals surface area contributed by atoms with Crippen molar-refractivity contribution in [3.63, 3.8) is 0 Å². The zero-order valence-corrected chi connectivity index (χ0v) is 29.9. The van der Waals surface area contributed by atoms with E-state index in [0.717, 1.165) is 66.4 Å². The summed E-state index contributed by atoms with van der Waals surface area (Å²) in [4.78, 5) is 9.64. The van der Waals surface area contributed by atoms with Gasteiger partial charge < -0.3 is 13.9 Å². The molecule has 1 N–H and O–H groups in total.